The van der Waals surface area contributed by atoms with Crippen molar-refractivity contribution in [2.24, 2.45) is 0 Å². The first kappa shape index (κ1) is 34.4. The third kappa shape index (κ3) is 8.68. The van der Waals surface area contributed by atoms with Gasteiger partial charge in [-0.2, -0.15) is 0 Å². The Bertz CT molecular complexity index is 1820. The number of hydrogen-bond acceptors (Lipinski definition) is 5. The van der Waals surface area contributed by atoms with Crippen molar-refractivity contribution in [3.8, 4) is 0 Å². The van der Waals surface area contributed by atoms with Crippen molar-refractivity contribution < 1.29 is 27.9 Å². The fourth-order valence-electron chi connectivity index (χ4n) is 6.11. The molecule has 0 spiro atoms. The molecular formula is C38H41N3O6S. The van der Waals surface area contributed by atoms with Gasteiger partial charge in [0.05, 0.1) is 22.9 Å². The van der Waals surface area contributed by atoms with Crippen molar-refractivity contribution >= 4 is 39.2 Å². The van der Waals surface area contributed by atoms with Crippen LogP contribution in [0.2, 0.25) is 0 Å². The normalized spacial score (nSPS) is 14.1. The molecule has 9 nitrogen and oxygen atoms in total. The number of nitrogens with one attached hydrogen (secondary N) is 2. The molecule has 0 radical (unpaired) electrons. The Hall–Kier alpha value is -4.96. The number of rotatable bonds is 13. The lowest BCUT2D eigenvalue weighted by Gasteiger charge is -2.23. The van der Waals surface area contributed by atoms with E-state index in [1.54, 1.807) is 60.7 Å². The molecule has 1 fully saturated rings. The van der Waals surface area contributed by atoms with Gasteiger partial charge in [0.2, 0.25) is 5.91 Å². The zero-order valence-corrected chi connectivity index (χ0v) is 27.8. The maximum absolute atomic E-state index is 14.0. The number of sulfonamides is 1. The molecule has 250 valence electrons. The predicted molar refractivity (Wildman–Crippen MR) is 187 cm³/mol. The van der Waals surface area contributed by atoms with Crippen LogP contribution in [0.5, 0.6) is 0 Å². The van der Waals surface area contributed by atoms with E-state index in [1.165, 1.54) is 48.3 Å². The maximum atomic E-state index is 14.0. The Kier molecular flexibility index (Phi) is 11.3. The smallest absolute Gasteiger partial charge is 0.305 e. The van der Waals surface area contributed by atoms with E-state index in [1.807, 2.05) is 18.2 Å². The fourth-order valence-corrected chi connectivity index (χ4v) is 7.35. The molecule has 0 heterocycles. The zero-order valence-electron chi connectivity index (χ0n) is 27.0. The van der Waals surface area contributed by atoms with Gasteiger partial charge in [-0.1, -0.05) is 79.9 Å². The number of benzene rings is 4. The largest absolute Gasteiger partial charge is 0.481 e. The topological polar surface area (TPSA) is 133 Å². The van der Waals surface area contributed by atoms with Gasteiger partial charge in [0.1, 0.15) is 0 Å². The summed E-state index contributed by atoms with van der Waals surface area (Å²) in [6, 6.07) is 30.2. The highest BCUT2D eigenvalue weighted by Gasteiger charge is 2.25. The van der Waals surface area contributed by atoms with E-state index in [2.05, 4.69) is 22.8 Å². The second kappa shape index (κ2) is 15.8. The summed E-state index contributed by atoms with van der Waals surface area (Å²) in [5.74, 6) is -1.74. The van der Waals surface area contributed by atoms with Crippen molar-refractivity contribution in [1.82, 2.24) is 5.32 Å². The first-order chi connectivity index (χ1) is 23.1. The molecule has 2 amide bonds. The third-order valence-corrected chi connectivity index (χ3v) is 10.7. The highest BCUT2D eigenvalue weighted by molar-refractivity contribution is 7.92. The first-order valence-electron chi connectivity index (χ1n) is 16.3. The summed E-state index contributed by atoms with van der Waals surface area (Å²) in [5, 5.41) is 14.4. The summed E-state index contributed by atoms with van der Waals surface area (Å²) in [7, 11) is -2.39. The number of aliphatic carboxylic acids is 1. The van der Waals surface area contributed by atoms with Gasteiger partial charge in [-0.3, -0.25) is 18.7 Å². The summed E-state index contributed by atoms with van der Waals surface area (Å²) in [6.07, 6.45) is 6.21. The van der Waals surface area contributed by atoms with Crippen LogP contribution < -0.4 is 14.9 Å². The van der Waals surface area contributed by atoms with Gasteiger partial charge in [-0.05, 0) is 84.3 Å². The van der Waals surface area contributed by atoms with E-state index in [-0.39, 0.29) is 29.7 Å². The van der Waals surface area contributed by atoms with E-state index in [4.69, 9.17) is 5.11 Å². The zero-order chi connectivity index (χ0) is 34.1. The number of amides is 2. The van der Waals surface area contributed by atoms with Crippen molar-refractivity contribution in [2.75, 3.05) is 23.2 Å². The highest BCUT2D eigenvalue weighted by Crippen LogP contribution is 2.34. The number of carbonyl (C=O) groups excluding carboxylic acids is 2. The lowest BCUT2D eigenvalue weighted by molar-refractivity contribution is -0.136. The third-order valence-electron chi connectivity index (χ3n) is 8.89. The van der Waals surface area contributed by atoms with Gasteiger partial charge >= 0.3 is 5.97 Å². The molecule has 0 bridgehead atoms. The van der Waals surface area contributed by atoms with Crippen LogP contribution in [0.1, 0.15) is 77.4 Å². The average Bonchev–Trinajstić information content (AvgIpc) is 3.11. The predicted octanol–water partition coefficient (Wildman–Crippen LogP) is 6.73. The van der Waals surface area contributed by atoms with Gasteiger partial charge in [0, 0.05) is 24.8 Å². The second-order valence-corrected chi connectivity index (χ2v) is 14.1. The van der Waals surface area contributed by atoms with E-state index in [9.17, 15) is 22.8 Å². The van der Waals surface area contributed by atoms with Crippen molar-refractivity contribution in [3.63, 3.8) is 0 Å². The van der Waals surface area contributed by atoms with E-state index >= 15 is 0 Å². The molecule has 1 saturated carbocycles. The van der Waals surface area contributed by atoms with Gasteiger partial charge in [-0.25, -0.2) is 8.42 Å². The van der Waals surface area contributed by atoms with Crippen molar-refractivity contribution in [2.45, 2.75) is 61.7 Å². The minimum Gasteiger partial charge on any atom is -0.481 e. The van der Waals surface area contributed by atoms with Crippen LogP contribution in [-0.2, 0) is 26.0 Å². The Balaban J connectivity index is 1.37. The molecule has 1 atom stereocenters. The Morgan fingerprint density at radius 2 is 1.54 bits per heavy atom. The molecule has 48 heavy (non-hydrogen) atoms. The molecule has 4 aromatic carbocycles. The number of anilines is 2. The number of para-hydroxylation sites is 1. The molecular weight excluding hydrogens is 627 g/mol. The van der Waals surface area contributed by atoms with Crippen molar-refractivity contribution in [3.05, 3.63) is 125 Å². The van der Waals surface area contributed by atoms with Gasteiger partial charge < -0.3 is 15.7 Å². The lowest BCUT2D eigenvalue weighted by atomic mass is 9.83. The SMILES string of the molecule is CN(c1ccccc1)S(=O)(=O)c1cccc(NC(=O)C(Cc2ccc(C(=O)NCCC(=O)O)cc2)c2ccc(C3CCCCC3)cc2)c1. The van der Waals surface area contributed by atoms with Crippen LogP contribution in [0.25, 0.3) is 0 Å². The monoisotopic (exact) mass is 667 g/mol. The minimum atomic E-state index is -3.89. The molecule has 1 aliphatic rings. The summed E-state index contributed by atoms with van der Waals surface area (Å²) < 4.78 is 28.1. The van der Waals surface area contributed by atoms with Crippen molar-refractivity contribution in [1.29, 1.82) is 0 Å². The number of carboxylic acid groups (broad SMARTS) is 1. The van der Waals surface area contributed by atoms with E-state index in [0.29, 0.717) is 29.3 Å². The quantitative estimate of drug-likeness (QED) is 0.145. The number of carboxylic acids is 1. The second-order valence-electron chi connectivity index (χ2n) is 12.2. The molecule has 3 N–H and O–H groups in total. The van der Waals surface area contributed by atoms with Crippen LogP contribution >= 0.6 is 0 Å². The number of carbonyl (C=O) groups is 3. The molecule has 5 rings (SSSR count). The minimum absolute atomic E-state index is 0.0278. The Morgan fingerprint density at radius 3 is 2.21 bits per heavy atom. The van der Waals surface area contributed by atoms with Crippen LogP contribution in [0, 0.1) is 0 Å². The highest BCUT2D eigenvalue weighted by atomic mass is 32.2. The van der Waals surface area contributed by atoms with Gasteiger partial charge in [0.25, 0.3) is 15.9 Å². The standard InChI is InChI=1S/C38H41N3O6S/c1-41(33-12-6-3-7-13-33)48(46,47)34-14-8-11-32(26-34)40-38(45)35(30-21-19-29(20-22-30)28-9-4-2-5-10-28)25-27-15-17-31(18-16-27)37(44)39-24-23-36(42)43/h3,6-8,11-22,26,28,35H,2,4-5,9-10,23-25H2,1H3,(H,39,44)(H,40,45)(H,42,43). The Morgan fingerprint density at radius 1 is 0.854 bits per heavy atom. The van der Waals surface area contributed by atoms with Crippen LogP contribution in [0.15, 0.2) is 108 Å². The van der Waals surface area contributed by atoms with Gasteiger partial charge in [-0.15, -0.1) is 0 Å². The average molecular weight is 668 g/mol. The Labute approximate surface area is 282 Å². The molecule has 10 heteroatoms. The van der Waals surface area contributed by atoms with Crippen LogP contribution in [-0.4, -0.2) is 44.9 Å². The van der Waals surface area contributed by atoms with Crippen LogP contribution in [0.4, 0.5) is 11.4 Å². The summed E-state index contributed by atoms with van der Waals surface area (Å²) in [4.78, 5) is 37.3. The van der Waals surface area contributed by atoms with Gasteiger partial charge in [0.15, 0.2) is 0 Å². The van der Waals surface area contributed by atoms with Crippen LogP contribution in [0.3, 0.4) is 0 Å². The lowest BCUT2D eigenvalue weighted by Crippen LogP contribution is -2.27. The summed E-state index contributed by atoms with van der Waals surface area (Å²) in [5.41, 5.74) is 4.20. The summed E-state index contributed by atoms with van der Waals surface area (Å²) >= 11 is 0. The first-order valence-corrected chi connectivity index (χ1v) is 17.7. The maximum Gasteiger partial charge on any atom is 0.305 e. The fraction of sp³-hybridized carbons (Fsp3) is 0.289. The molecule has 0 aromatic heterocycles. The molecule has 0 aliphatic heterocycles. The molecule has 0 saturated heterocycles. The van der Waals surface area contributed by atoms with E-state index < -0.39 is 21.9 Å². The number of nitrogens with zero attached hydrogens (tertiary/aromatic N) is 1. The summed E-state index contributed by atoms with van der Waals surface area (Å²) in [6.45, 7) is 0.0278. The van der Waals surface area contributed by atoms with E-state index in [0.717, 1.165) is 24.0 Å². The molecule has 4 aromatic rings. The number of hydrogen-bond donors (Lipinski definition) is 3. The molecule has 1 unspecified atom stereocenters. The molecule has 1 aliphatic carbocycles.